The second kappa shape index (κ2) is 5.83. The molecule has 1 atom stereocenters. The number of aliphatic hydroxyl groups is 1. The highest BCUT2D eigenvalue weighted by Crippen LogP contribution is 2.16. The lowest BCUT2D eigenvalue weighted by Crippen LogP contribution is -2.26. The molecule has 6 nitrogen and oxygen atoms in total. The molecule has 18 heavy (non-hydrogen) atoms. The molecule has 1 saturated heterocycles. The minimum atomic E-state index is -3.47. The highest BCUT2D eigenvalue weighted by molar-refractivity contribution is 7.89. The first-order chi connectivity index (χ1) is 8.62. The number of H-pyrrole nitrogens is 1. The number of hydrogen-bond donors (Lipinski definition) is 3. The van der Waals surface area contributed by atoms with Gasteiger partial charge in [0.1, 0.15) is 0 Å². The Bertz CT molecular complexity index is 477. The number of aromatic nitrogens is 1. The van der Waals surface area contributed by atoms with Crippen LogP contribution in [0.5, 0.6) is 0 Å². The van der Waals surface area contributed by atoms with Crippen LogP contribution in [0, 0.1) is 5.92 Å². The van der Waals surface area contributed by atoms with Crippen molar-refractivity contribution >= 4 is 10.0 Å². The van der Waals surface area contributed by atoms with E-state index in [0.717, 1.165) is 26.1 Å². The van der Waals surface area contributed by atoms with Crippen molar-refractivity contribution in [2.24, 2.45) is 5.92 Å². The standard InChI is InChI=1S/C11H18N2O4S/c14-7-10-5-11(6-12-10)18(15,16)13-3-1-9-2-4-17-8-9/h5-6,9,12-14H,1-4,7-8H2. The quantitative estimate of drug-likeness (QED) is 0.691. The number of aromatic amines is 1. The fourth-order valence-electron chi connectivity index (χ4n) is 1.96. The van der Waals surface area contributed by atoms with E-state index in [2.05, 4.69) is 9.71 Å². The number of rotatable bonds is 6. The molecule has 1 aliphatic rings. The molecule has 1 aromatic heterocycles. The topological polar surface area (TPSA) is 91.4 Å². The van der Waals surface area contributed by atoms with Crippen LogP contribution in [0.2, 0.25) is 0 Å². The van der Waals surface area contributed by atoms with Gasteiger partial charge in [0.05, 0.1) is 11.5 Å². The van der Waals surface area contributed by atoms with Gasteiger partial charge in [-0.3, -0.25) is 0 Å². The third kappa shape index (κ3) is 3.32. The van der Waals surface area contributed by atoms with Crippen LogP contribution >= 0.6 is 0 Å². The van der Waals surface area contributed by atoms with Gasteiger partial charge in [-0.25, -0.2) is 13.1 Å². The van der Waals surface area contributed by atoms with Crippen LogP contribution in [0.1, 0.15) is 18.5 Å². The monoisotopic (exact) mass is 274 g/mol. The Kier molecular flexibility index (Phi) is 4.39. The van der Waals surface area contributed by atoms with Gasteiger partial charge >= 0.3 is 0 Å². The van der Waals surface area contributed by atoms with Gasteiger partial charge in [0, 0.05) is 31.6 Å². The third-order valence-electron chi connectivity index (χ3n) is 3.07. The lowest BCUT2D eigenvalue weighted by molar-refractivity contribution is 0.184. The van der Waals surface area contributed by atoms with Crippen molar-refractivity contribution in [3.63, 3.8) is 0 Å². The normalized spacial score (nSPS) is 20.4. The molecular weight excluding hydrogens is 256 g/mol. The van der Waals surface area contributed by atoms with Crippen LogP contribution < -0.4 is 4.72 Å². The third-order valence-corrected chi connectivity index (χ3v) is 4.51. The summed E-state index contributed by atoms with van der Waals surface area (Å²) in [6.07, 6.45) is 3.17. The van der Waals surface area contributed by atoms with E-state index in [1.807, 2.05) is 0 Å². The zero-order valence-corrected chi connectivity index (χ0v) is 10.9. The van der Waals surface area contributed by atoms with Crippen LogP contribution in [0.15, 0.2) is 17.2 Å². The fraction of sp³-hybridized carbons (Fsp3) is 0.636. The lowest BCUT2D eigenvalue weighted by atomic mass is 10.1. The molecule has 0 aromatic carbocycles. The summed E-state index contributed by atoms with van der Waals surface area (Å²) in [6.45, 7) is 1.71. The number of ether oxygens (including phenoxy) is 1. The predicted octanol–water partition coefficient (Wildman–Crippen LogP) is 0.212. The summed E-state index contributed by atoms with van der Waals surface area (Å²) < 4.78 is 31.6. The van der Waals surface area contributed by atoms with Crippen LogP contribution in [0.3, 0.4) is 0 Å². The van der Waals surface area contributed by atoms with E-state index in [4.69, 9.17) is 9.84 Å². The minimum Gasteiger partial charge on any atom is -0.390 e. The molecule has 7 heteroatoms. The summed E-state index contributed by atoms with van der Waals surface area (Å²) in [5.74, 6) is 0.451. The SMILES string of the molecule is O=S(=O)(NCCC1CCOC1)c1c[nH]c(CO)c1. The van der Waals surface area contributed by atoms with Crippen LogP contribution in [-0.2, 0) is 21.4 Å². The molecule has 0 amide bonds. The van der Waals surface area contributed by atoms with Gasteiger partial charge in [-0.1, -0.05) is 0 Å². The maximum atomic E-state index is 11.9. The summed E-state index contributed by atoms with van der Waals surface area (Å²) in [4.78, 5) is 2.87. The van der Waals surface area contributed by atoms with Gasteiger partial charge < -0.3 is 14.8 Å². The van der Waals surface area contributed by atoms with Gasteiger partial charge in [-0.15, -0.1) is 0 Å². The Morgan fingerprint density at radius 2 is 2.39 bits per heavy atom. The summed E-state index contributed by atoms with van der Waals surface area (Å²) in [5, 5.41) is 8.88. The largest absolute Gasteiger partial charge is 0.390 e. The first-order valence-corrected chi connectivity index (χ1v) is 7.45. The second-order valence-corrected chi connectivity index (χ2v) is 6.20. The van der Waals surface area contributed by atoms with E-state index >= 15 is 0 Å². The highest BCUT2D eigenvalue weighted by Gasteiger charge is 2.18. The van der Waals surface area contributed by atoms with Crippen molar-refractivity contribution in [3.8, 4) is 0 Å². The molecule has 1 unspecified atom stereocenters. The van der Waals surface area contributed by atoms with Crippen LogP contribution in [0.4, 0.5) is 0 Å². The van der Waals surface area contributed by atoms with Crippen molar-refractivity contribution < 1.29 is 18.3 Å². The zero-order chi connectivity index (χ0) is 13.0. The Morgan fingerprint density at radius 3 is 3.00 bits per heavy atom. The predicted molar refractivity (Wildman–Crippen MR) is 65.4 cm³/mol. The van der Waals surface area contributed by atoms with Crippen molar-refractivity contribution in [3.05, 3.63) is 18.0 Å². The number of sulfonamides is 1. The van der Waals surface area contributed by atoms with Gasteiger partial charge in [0.2, 0.25) is 10.0 Å². The molecule has 3 N–H and O–H groups in total. The number of aliphatic hydroxyl groups excluding tert-OH is 1. The summed E-state index contributed by atoms with van der Waals surface area (Å²) in [6, 6.07) is 1.43. The Hall–Kier alpha value is -0.890. The fourth-order valence-corrected chi connectivity index (χ4v) is 3.02. The maximum absolute atomic E-state index is 11.9. The van der Waals surface area contributed by atoms with E-state index in [9.17, 15) is 8.42 Å². The number of nitrogens with one attached hydrogen (secondary N) is 2. The second-order valence-electron chi connectivity index (χ2n) is 4.43. The van der Waals surface area contributed by atoms with Gasteiger partial charge in [-0.05, 0) is 24.8 Å². The van der Waals surface area contributed by atoms with Gasteiger partial charge in [-0.2, -0.15) is 0 Å². The first kappa shape index (κ1) is 13.5. The highest BCUT2D eigenvalue weighted by atomic mass is 32.2. The first-order valence-electron chi connectivity index (χ1n) is 5.97. The average molecular weight is 274 g/mol. The molecule has 0 saturated carbocycles. The van der Waals surface area contributed by atoms with Crippen LogP contribution in [-0.4, -0.2) is 38.3 Å². The van der Waals surface area contributed by atoms with Crippen molar-refractivity contribution in [1.82, 2.24) is 9.71 Å². The molecular formula is C11H18N2O4S. The molecule has 1 aliphatic heterocycles. The smallest absolute Gasteiger partial charge is 0.242 e. The van der Waals surface area contributed by atoms with E-state index in [0.29, 0.717) is 18.2 Å². The Labute approximate surface area is 106 Å². The summed E-state index contributed by atoms with van der Waals surface area (Å²) >= 11 is 0. The van der Waals surface area contributed by atoms with Crippen molar-refractivity contribution in [1.29, 1.82) is 0 Å². The number of hydrogen-bond acceptors (Lipinski definition) is 4. The molecule has 0 bridgehead atoms. The Morgan fingerprint density at radius 1 is 1.56 bits per heavy atom. The molecule has 2 rings (SSSR count). The van der Waals surface area contributed by atoms with E-state index in [-0.39, 0.29) is 11.5 Å². The maximum Gasteiger partial charge on any atom is 0.242 e. The van der Waals surface area contributed by atoms with Gasteiger partial charge in [0.15, 0.2) is 0 Å². The lowest BCUT2D eigenvalue weighted by Gasteiger charge is -2.08. The van der Waals surface area contributed by atoms with E-state index in [1.54, 1.807) is 0 Å². The molecule has 102 valence electrons. The average Bonchev–Trinajstić information content (AvgIpc) is 2.99. The van der Waals surface area contributed by atoms with Crippen molar-refractivity contribution in [2.75, 3.05) is 19.8 Å². The summed E-state index contributed by atoms with van der Waals surface area (Å²) in [5.41, 5.74) is 0.486. The molecule has 0 aliphatic carbocycles. The van der Waals surface area contributed by atoms with E-state index < -0.39 is 10.0 Å². The molecule has 1 aromatic rings. The van der Waals surface area contributed by atoms with E-state index in [1.165, 1.54) is 12.3 Å². The van der Waals surface area contributed by atoms with Crippen LogP contribution in [0.25, 0.3) is 0 Å². The molecule has 2 heterocycles. The zero-order valence-electron chi connectivity index (χ0n) is 10.1. The Balaban J connectivity index is 1.86. The van der Waals surface area contributed by atoms with Crippen molar-refractivity contribution in [2.45, 2.75) is 24.3 Å². The molecule has 0 spiro atoms. The minimum absolute atomic E-state index is 0.161. The molecule has 0 radical (unpaired) electrons. The van der Waals surface area contributed by atoms with Gasteiger partial charge in [0.25, 0.3) is 0 Å². The summed E-state index contributed by atoms with van der Waals surface area (Å²) in [7, 11) is -3.47. The molecule has 1 fully saturated rings.